The van der Waals surface area contributed by atoms with Gasteiger partial charge in [-0.15, -0.1) is 0 Å². The number of nitrogens with zero attached hydrogens (tertiary/aromatic N) is 2. The van der Waals surface area contributed by atoms with Gasteiger partial charge in [0, 0.05) is 35.4 Å². The number of benzene rings is 2. The standard InChI is InChI=1S/C21H19ClFN3O/c22-15-1-4-17(5-2-15)25-21(27)26-11-8-14(9-12-26)18-7-10-24-20-6-3-16(23)13-19(18)20/h1-7,10,13-14H,8-9,11-12H2,(H,25,27). The number of anilines is 1. The molecule has 0 aliphatic carbocycles. The highest BCUT2D eigenvalue weighted by Gasteiger charge is 2.25. The van der Waals surface area contributed by atoms with E-state index in [9.17, 15) is 9.18 Å². The summed E-state index contributed by atoms with van der Waals surface area (Å²) in [7, 11) is 0. The maximum absolute atomic E-state index is 13.7. The van der Waals surface area contributed by atoms with Gasteiger partial charge < -0.3 is 10.2 Å². The average molecular weight is 384 g/mol. The second-order valence-electron chi connectivity index (χ2n) is 6.76. The van der Waals surface area contributed by atoms with E-state index in [1.807, 2.05) is 11.0 Å². The maximum atomic E-state index is 13.7. The SMILES string of the molecule is O=C(Nc1ccc(Cl)cc1)N1CCC(c2ccnc3ccc(F)cc23)CC1. The van der Waals surface area contributed by atoms with Gasteiger partial charge in [-0.3, -0.25) is 4.98 Å². The van der Waals surface area contributed by atoms with Gasteiger partial charge in [0.05, 0.1) is 5.52 Å². The summed E-state index contributed by atoms with van der Waals surface area (Å²) in [4.78, 5) is 18.6. The molecule has 1 saturated heterocycles. The number of hydrogen-bond acceptors (Lipinski definition) is 2. The number of amides is 2. The number of nitrogens with one attached hydrogen (secondary N) is 1. The minimum absolute atomic E-state index is 0.110. The number of carbonyl (C=O) groups is 1. The highest BCUT2D eigenvalue weighted by Crippen LogP contribution is 2.33. The van der Waals surface area contributed by atoms with Crippen LogP contribution in [0.3, 0.4) is 0 Å². The van der Waals surface area contributed by atoms with E-state index in [-0.39, 0.29) is 17.8 Å². The van der Waals surface area contributed by atoms with E-state index in [2.05, 4.69) is 10.3 Å². The molecule has 0 saturated carbocycles. The molecule has 2 heterocycles. The minimum atomic E-state index is -0.253. The summed E-state index contributed by atoms with van der Waals surface area (Å²) in [5.74, 6) is 0.0356. The fourth-order valence-electron chi connectivity index (χ4n) is 3.63. The van der Waals surface area contributed by atoms with Crippen LogP contribution in [0.2, 0.25) is 5.02 Å². The van der Waals surface area contributed by atoms with Gasteiger partial charge in [0.1, 0.15) is 5.82 Å². The van der Waals surface area contributed by atoms with Crippen LogP contribution in [0.4, 0.5) is 14.9 Å². The molecule has 3 aromatic rings. The monoisotopic (exact) mass is 383 g/mol. The van der Waals surface area contributed by atoms with E-state index in [4.69, 9.17) is 11.6 Å². The third-order valence-electron chi connectivity index (χ3n) is 5.05. The first-order valence-corrected chi connectivity index (χ1v) is 9.33. The lowest BCUT2D eigenvalue weighted by Crippen LogP contribution is -2.40. The first-order chi connectivity index (χ1) is 13.1. The first kappa shape index (κ1) is 17.7. The smallest absolute Gasteiger partial charge is 0.321 e. The van der Waals surface area contributed by atoms with Crippen molar-refractivity contribution < 1.29 is 9.18 Å². The predicted octanol–water partition coefficient (Wildman–Crippen LogP) is 5.44. The number of pyridine rings is 1. The lowest BCUT2D eigenvalue weighted by molar-refractivity contribution is 0.195. The van der Waals surface area contributed by atoms with Crippen molar-refractivity contribution in [2.75, 3.05) is 18.4 Å². The molecule has 0 unspecified atom stereocenters. The lowest BCUT2D eigenvalue weighted by atomic mass is 9.87. The van der Waals surface area contributed by atoms with E-state index >= 15 is 0 Å². The van der Waals surface area contributed by atoms with Crippen LogP contribution in [0.1, 0.15) is 24.3 Å². The molecular weight excluding hydrogens is 365 g/mol. The molecule has 1 aliphatic rings. The average Bonchev–Trinajstić information content (AvgIpc) is 2.69. The highest BCUT2D eigenvalue weighted by molar-refractivity contribution is 6.30. The lowest BCUT2D eigenvalue weighted by Gasteiger charge is -2.32. The van der Waals surface area contributed by atoms with Crippen molar-refractivity contribution in [1.82, 2.24) is 9.88 Å². The van der Waals surface area contributed by atoms with Gasteiger partial charge in [-0.2, -0.15) is 0 Å². The fourth-order valence-corrected chi connectivity index (χ4v) is 3.75. The molecule has 0 atom stereocenters. The van der Waals surface area contributed by atoms with E-state index in [0.29, 0.717) is 18.1 Å². The number of hydrogen-bond donors (Lipinski definition) is 1. The van der Waals surface area contributed by atoms with Gasteiger partial charge in [-0.1, -0.05) is 11.6 Å². The number of piperidine rings is 1. The van der Waals surface area contributed by atoms with Crippen LogP contribution in [0, 0.1) is 5.82 Å². The topological polar surface area (TPSA) is 45.2 Å². The molecule has 0 spiro atoms. The predicted molar refractivity (Wildman–Crippen MR) is 106 cm³/mol. The summed E-state index contributed by atoms with van der Waals surface area (Å²) >= 11 is 5.87. The van der Waals surface area contributed by atoms with E-state index in [1.165, 1.54) is 6.07 Å². The van der Waals surface area contributed by atoms with E-state index in [0.717, 1.165) is 35.0 Å². The highest BCUT2D eigenvalue weighted by atomic mass is 35.5. The van der Waals surface area contributed by atoms with Crippen molar-refractivity contribution in [2.24, 2.45) is 0 Å². The summed E-state index contributed by atoms with van der Waals surface area (Å²) in [5.41, 5.74) is 2.64. The molecule has 27 heavy (non-hydrogen) atoms. The van der Waals surface area contributed by atoms with Crippen molar-refractivity contribution >= 4 is 34.2 Å². The molecule has 6 heteroatoms. The molecular formula is C21H19ClFN3O. The summed E-state index contributed by atoms with van der Waals surface area (Å²) in [5, 5.41) is 4.40. The Morgan fingerprint density at radius 2 is 1.85 bits per heavy atom. The Balaban J connectivity index is 1.44. The molecule has 4 rings (SSSR count). The quantitative estimate of drug-likeness (QED) is 0.640. The third-order valence-corrected chi connectivity index (χ3v) is 5.31. The number of carbonyl (C=O) groups excluding carboxylic acids is 1. The number of aromatic nitrogens is 1. The van der Waals surface area contributed by atoms with Crippen LogP contribution >= 0.6 is 11.6 Å². The Morgan fingerprint density at radius 1 is 1.11 bits per heavy atom. The fraction of sp³-hybridized carbons (Fsp3) is 0.238. The van der Waals surface area contributed by atoms with Gasteiger partial charge in [-0.25, -0.2) is 9.18 Å². The molecule has 2 amide bonds. The summed E-state index contributed by atoms with van der Waals surface area (Å²) in [6.07, 6.45) is 3.45. The summed E-state index contributed by atoms with van der Waals surface area (Å²) in [6, 6.07) is 13.6. The molecule has 0 bridgehead atoms. The number of fused-ring (bicyclic) bond motifs is 1. The second kappa shape index (κ2) is 7.53. The van der Waals surface area contributed by atoms with Crippen LogP contribution in [-0.4, -0.2) is 29.0 Å². The van der Waals surface area contributed by atoms with Gasteiger partial charge in [-0.05, 0) is 72.9 Å². The molecule has 1 aliphatic heterocycles. The molecule has 1 fully saturated rings. The number of halogens is 2. The second-order valence-corrected chi connectivity index (χ2v) is 7.20. The zero-order chi connectivity index (χ0) is 18.8. The van der Waals surface area contributed by atoms with Crippen molar-refractivity contribution in [3.05, 3.63) is 71.1 Å². The zero-order valence-electron chi connectivity index (χ0n) is 14.7. The Bertz CT molecular complexity index is 969. The van der Waals surface area contributed by atoms with Gasteiger partial charge in [0.15, 0.2) is 0 Å². The molecule has 1 N–H and O–H groups in total. The summed E-state index contributed by atoms with van der Waals surface area (Å²) < 4.78 is 13.7. The van der Waals surface area contributed by atoms with Gasteiger partial charge in [0.2, 0.25) is 0 Å². The summed E-state index contributed by atoms with van der Waals surface area (Å²) in [6.45, 7) is 1.31. The van der Waals surface area contributed by atoms with Crippen LogP contribution < -0.4 is 5.32 Å². The van der Waals surface area contributed by atoms with Gasteiger partial charge >= 0.3 is 6.03 Å². The number of rotatable bonds is 2. The molecule has 2 aromatic carbocycles. The van der Waals surface area contributed by atoms with Crippen molar-refractivity contribution in [1.29, 1.82) is 0 Å². The van der Waals surface area contributed by atoms with E-state index < -0.39 is 0 Å². The van der Waals surface area contributed by atoms with Gasteiger partial charge in [0.25, 0.3) is 0 Å². The molecule has 1 aromatic heterocycles. The Morgan fingerprint density at radius 3 is 2.59 bits per heavy atom. The largest absolute Gasteiger partial charge is 0.324 e. The minimum Gasteiger partial charge on any atom is -0.324 e. The Hall–Kier alpha value is -2.66. The maximum Gasteiger partial charge on any atom is 0.321 e. The molecule has 138 valence electrons. The van der Waals surface area contributed by atoms with E-state index in [1.54, 1.807) is 42.6 Å². The molecule has 4 nitrogen and oxygen atoms in total. The normalized spacial score (nSPS) is 15.1. The number of urea groups is 1. The Labute approximate surface area is 162 Å². The Kier molecular flexibility index (Phi) is 4.94. The zero-order valence-corrected chi connectivity index (χ0v) is 15.4. The van der Waals surface area contributed by atoms with Crippen LogP contribution in [0.15, 0.2) is 54.7 Å². The first-order valence-electron chi connectivity index (χ1n) is 8.96. The van der Waals surface area contributed by atoms with Crippen molar-refractivity contribution in [2.45, 2.75) is 18.8 Å². The third kappa shape index (κ3) is 3.88. The number of likely N-dealkylation sites (tertiary alicyclic amines) is 1. The van der Waals surface area contributed by atoms with Crippen LogP contribution in [-0.2, 0) is 0 Å². The van der Waals surface area contributed by atoms with Crippen molar-refractivity contribution in [3.8, 4) is 0 Å². The van der Waals surface area contributed by atoms with Crippen LogP contribution in [0.5, 0.6) is 0 Å². The molecule has 0 radical (unpaired) electrons. The van der Waals surface area contributed by atoms with Crippen LogP contribution in [0.25, 0.3) is 10.9 Å². The van der Waals surface area contributed by atoms with Crippen molar-refractivity contribution in [3.63, 3.8) is 0 Å².